The maximum atomic E-state index is 5.74. The lowest BCUT2D eigenvalue weighted by molar-refractivity contribution is 0.174. The minimum atomic E-state index is 0.243. The van der Waals surface area contributed by atoms with Gasteiger partial charge in [0, 0.05) is 49.9 Å². The number of pyridine rings is 1. The minimum Gasteiger partial charge on any atom is -0.497 e. The van der Waals surface area contributed by atoms with Gasteiger partial charge in [0.25, 0.3) is 0 Å². The number of nitrogens with zero attached hydrogens (tertiary/aromatic N) is 4. The highest BCUT2D eigenvalue weighted by Gasteiger charge is 2.26. The van der Waals surface area contributed by atoms with Gasteiger partial charge >= 0.3 is 0 Å². The largest absolute Gasteiger partial charge is 0.497 e. The second-order valence-electron chi connectivity index (χ2n) is 11.2. The summed E-state index contributed by atoms with van der Waals surface area (Å²) in [4.78, 5) is 19.2. The van der Waals surface area contributed by atoms with E-state index in [0.717, 1.165) is 79.2 Å². The van der Waals surface area contributed by atoms with Gasteiger partial charge < -0.3 is 33.7 Å². The number of methoxy groups -OCH3 is 2. The van der Waals surface area contributed by atoms with Crippen molar-refractivity contribution in [3.8, 4) is 23.0 Å². The van der Waals surface area contributed by atoms with Crippen LogP contribution in [0.15, 0.2) is 83.0 Å². The molecule has 1 fully saturated rings. The smallest absolute Gasteiger partial charge is 0.231 e. The second-order valence-corrected chi connectivity index (χ2v) is 12.3. The van der Waals surface area contributed by atoms with E-state index in [2.05, 4.69) is 58.2 Å². The lowest BCUT2D eigenvalue weighted by Gasteiger charge is -2.24. The highest BCUT2D eigenvalue weighted by Crippen LogP contribution is 2.45. The van der Waals surface area contributed by atoms with Gasteiger partial charge in [-0.1, -0.05) is 24.3 Å². The van der Waals surface area contributed by atoms with Gasteiger partial charge in [0.15, 0.2) is 22.5 Å². The molecule has 9 nitrogen and oxygen atoms in total. The van der Waals surface area contributed by atoms with Crippen LogP contribution in [0.4, 0.5) is 11.5 Å². The lowest BCUT2D eigenvalue weighted by atomic mass is 10.1. The molecule has 1 aliphatic carbocycles. The van der Waals surface area contributed by atoms with E-state index in [4.69, 9.17) is 28.9 Å². The van der Waals surface area contributed by atoms with Crippen LogP contribution < -0.4 is 28.7 Å². The standard InChI is InChI=1S/C34H35N5O4S/c1-38(18-22-4-5-22)28-16-29-30(43-21-42-29)17-31(28)44-34-36-27-14-15-35-33(32(27)37-34)39(19-23-6-10-25(40-2)11-7-23)20-24-8-12-26(41-3)13-9-24/h6-17,22H,4-5,18-21H2,1-3H3,(H,36,37). The number of rotatable bonds is 12. The maximum absolute atomic E-state index is 5.74. The number of imidazole rings is 1. The number of benzene rings is 3. The first-order chi connectivity index (χ1) is 21.6. The Kier molecular flexibility index (Phi) is 7.82. The maximum Gasteiger partial charge on any atom is 0.231 e. The summed E-state index contributed by atoms with van der Waals surface area (Å²) in [5.41, 5.74) is 5.16. The quantitative estimate of drug-likeness (QED) is 0.162. The van der Waals surface area contributed by atoms with E-state index in [1.54, 1.807) is 26.0 Å². The van der Waals surface area contributed by atoms with Crippen molar-refractivity contribution >= 4 is 34.3 Å². The Morgan fingerprint density at radius 2 is 1.52 bits per heavy atom. The van der Waals surface area contributed by atoms with Crippen molar-refractivity contribution in [3.63, 3.8) is 0 Å². The molecule has 2 aromatic heterocycles. The Morgan fingerprint density at radius 3 is 2.14 bits per heavy atom. The van der Waals surface area contributed by atoms with E-state index >= 15 is 0 Å². The molecule has 0 amide bonds. The van der Waals surface area contributed by atoms with Crippen LogP contribution in [0.5, 0.6) is 23.0 Å². The molecular formula is C34H35N5O4S. The Bertz CT molecular complexity index is 1710. The topological polar surface area (TPSA) is 85.0 Å². The molecule has 44 heavy (non-hydrogen) atoms. The highest BCUT2D eigenvalue weighted by molar-refractivity contribution is 7.99. The van der Waals surface area contributed by atoms with Crippen LogP contribution in [0.3, 0.4) is 0 Å². The number of nitrogens with one attached hydrogen (secondary N) is 1. The van der Waals surface area contributed by atoms with E-state index in [1.165, 1.54) is 12.8 Å². The predicted octanol–water partition coefficient (Wildman–Crippen LogP) is 6.91. The normalized spacial score (nSPS) is 13.7. The molecule has 1 saturated carbocycles. The van der Waals surface area contributed by atoms with E-state index in [-0.39, 0.29) is 6.79 Å². The van der Waals surface area contributed by atoms with Crippen molar-refractivity contribution < 1.29 is 18.9 Å². The lowest BCUT2D eigenvalue weighted by Crippen LogP contribution is -2.23. The third kappa shape index (κ3) is 6.07. The van der Waals surface area contributed by atoms with E-state index in [9.17, 15) is 0 Å². The first kappa shape index (κ1) is 28.2. The zero-order chi connectivity index (χ0) is 30.0. The van der Waals surface area contributed by atoms with Gasteiger partial charge in [-0.15, -0.1) is 0 Å². The highest BCUT2D eigenvalue weighted by atomic mass is 32.2. The molecule has 1 N–H and O–H groups in total. The summed E-state index contributed by atoms with van der Waals surface area (Å²) in [5, 5.41) is 0.794. The molecule has 5 aromatic rings. The molecule has 2 aliphatic rings. The number of aromatic amines is 1. The number of aromatic nitrogens is 3. The molecule has 0 saturated heterocycles. The van der Waals surface area contributed by atoms with Crippen LogP contribution in [0.2, 0.25) is 0 Å². The Balaban J connectivity index is 1.22. The molecule has 10 heteroatoms. The van der Waals surface area contributed by atoms with Crippen molar-refractivity contribution in [2.24, 2.45) is 5.92 Å². The summed E-state index contributed by atoms with van der Waals surface area (Å²) in [5.74, 6) is 4.78. The summed E-state index contributed by atoms with van der Waals surface area (Å²) in [6.45, 7) is 2.56. The van der Waals surface area contributed by atoms with Crippen molar-refractivity contribution in [2.75, 3.05) is 44.4 Å². The number of fused-ring (bicyclic) bond motifs is 2. The van der Waals surface area contributed by atoms with Gasteiger partial charge in [0.2, 0.25) is 6.79 Å². The molecule has 0 atom stereocenters. The monoisotopic (exact) mass is 609 g/mol. The molecule has 3 heterocycles. The molecule has 3 aromatic carbocycles. The fraction of sp³-hybridized carbons (Fsp3) is 0.294. The van der Waals surface area contributed by atoms with E-state index in [0.29, 0.717) is 13.1 Å². The molecule has 1 aliphatic heterocycles. The summed E-state index contributed by atoms with van der Waals surface area (Å²) >= 11 is 1.60. The van der Waals surface area contributed by atoms with E-state index < -0.39 is 0 Å². The molecule has 0 bridgehead atoms. The number of ether oxygens (including phenoxy) is 4. The number of hydrogen-bond acceptors (Lipinski definition) is 9. The van der Waals surface area contributed by atoms with Crippen LogP contribution in [0.25, 0.3) is 11.0 Å². The van der Waals surface area contributed by atoms with Crippen LogP contribution >= 0.6 is 11.8 Å². The Hall–Kier alpha value is -4.57. The average Bonchev–Trinajstić information content (AvgIpc) is 3.57. The Labute approximate surface area is 261 Å². The van der Waals surface area contributed by atoms with Crippen LogP contribution in [-0.4, -0.2) is 49.6 Å². The number of anilines is 2. The number of H-pyrrole nitrogens is 1. The van der Waals surface area contributed by atoms with Gasteiger partial charge in [0.1, 0.15) is 17.0 Å². The first-order valence-electron chi connectivity index (χ1n) is 14.7. The van der Waals surface area contributed by atoms with Gasteiger partial charge in [-0.3, -0.25) is 0 Å². The molecule has 0 radical (unpaired) electrons. The van der Waals surface area contributed by atoms with Crippen molar-refractivity contribution in [3.05, 3.63) is 84.1 Å². The van der Waals surface area contributed by atoms with Gasteiger partial charge in [-0.05, 0) is 72.0 Å². The van der Waals surface area contributed by atoms with Gasteiger partial charge in [0.05, 0.1) is 25.4 Å². The zero-order valence-electron chi connectivity index (χ0n) is 25.1. The van der Waals surface area contributed by atoms with Crippen molar-refractivity contribution in [1.82, 2.24) is 15.0 Å². The Morgan fingerprint density at radius 1 is 0.886 bits per heavy atom. The summed E-state index contributed by atoms with van der Waals surface area (Å²) in [6.07, 6.45) is 4.43. The second kappa shape index (κ2) is 12.2. The van der Waals surface area contributed by atoms with Crippen LogP contribution in [0.1, 0.15) is 24.0 Å². The molecule has 226 valence electrons. The van der Waals surface area contributed by atoms with Gasteiger partial charge in [-0.2, -0.15) is 0 Å². The van der Waals surface area contributed by atoms with Crippen LogP contribution in [-0.2, 0) is 13.1 Å². The first-order valence-corrected chi connectivity index (χ1v) is 15.6. The van der Waals surface area contributed by atoms with Crippen molar-refractivity contribution in [2.45, 2.75) is 36.0 Å². The van der Waals surface area contributed by atoms with Crippen LogP contribution in [0, 0.1) is 5.92 Å². The van der Waals surface area contributed by atoms with Crippen molar-refractivity contribution in [1.29, 1.82) is 0 Å². The molecule has 7 rings (SSSR count). The summed E-state index contributed by atoms with van der Waals surface area (Å²) in [7, 11) is 5.51. The molecular weight excluding hydrogens is 574 g/mol. The predicted molar refractivity (Wildman–Crippen MR) is 172 cm³/mol. The SMILES string of the molecule is COc1ccc(CN(Cc2ccc(OC)cc2)c2nccc3[nH]c(Sc4cc5c(cc4N(C)CC4CC4)OCO5)nc23)cc1. The van der Waals surface area contributed by atoms with E-state index in [1.807, 2.05) is 36.5 Å². The molecule has 0 unspecified atom stereocenters. The third-order valence-electron chi connectivity index (χ3n) is 8.03. The minimum absolute atomic E-state index is 0.243. The summed E-state index contributed by atoms with van der Waals surface area (Å²) in [6, 6.07) is 22.4. The fourth-order valence-corrected chi connectivity index (χ4v) is 6.46. The fourth-order valence-electron chi connectivity index (χ4n) is 5.47. The average molecular weight is 610 g/mol. The van der Waals surface area contributed by atoms with Gasteiger partial charge in [-0.25, -0.2) is 9.97 Å². The summed E-state index contributed by atoms with van der Waals surface area (Å²) < 4.78 is 22.2. The third-order valence-corrected chi connectivity index (χ3v) is 8.96. The zero-order valence-corrected chi connectivity index (χ0v) is 25.9. The number of hydrogen-bond donors (Lipinski definition) is 1. The molecule has 0 spiro atoms.